The van der Waals surface area contributed by atoms with Crippen LogP contribution in [0.5, 0.6) is 0 Å². The van der Waals surface area contributed by atoms with Gasteiger partial charge in [0, 0.05) is 12.1 Å². The Bertz CT molecular complexity index is 1320. The first-order valence-corrected chi connectivity index (χ1v) is 12.3. The van der Waals surface area contributed by atoms with Crippen molar-refractivity contribution in [3.05, 3.63) is 65.7 Å². The summed E-state index contributed by atoms with van der Waals surface area (Å²) >= 11 is 0. The Balaban J connectivity index is 1.64. The van der Waals surface area contributed by atoms with Crippen molar-refractivity contribution in [2.24, 2.45) is 0 Å². The summed E-state index contributed by atoms with van der Waals surface area (Å²) in [5.74, 6) is -0.123. The lowest BCUT2D eigenvalue weighted by Crippen LogP contribution is -2.45. The number of aryl methyl sites for hydroxylation is 1. The normalized spacial score (nSPS) is 18.8. The zero-order chi connectivity index (χ0) is 25.2. The van der Waals surface area contributed by atoms with E-state index in [1.807, 2.05) is 0 Å². The summed E-state index contributed by atoms with van der Waals surface area (Å²) < 4.78 is 83.1. The number of hydrogen-bond donors (Lipinski definition) is 3. The molecule has 0 aliphatic carbocycles. The molecule has 1 unspecified atom stereocenters. The summed E-state index contributed by atoms with van der Waals surface area (Å²) in [7, 11) is -4.30. The molecule has 1 fully saturated rings. The maximum Gasteiger partial charge on any atom is 0.418 e. The predicted molar refractivity (Wildman–Crippen MR) is 124 cm³/mol. The number of rotatable bonds is 6. The molecule has 0 radical (unpaired) electrons. The van der Waals surface area contributed by atoms with Gasteiger partial charge >= 0.3 is 6.18 Å². The minimum Gasteiger partial charge on any atom is -0.364 e. The van der Waals surface area contributed by atoms with Crippen molar-refractivity contribution >= 4 is 21.7 Å². The standard InChI is InChI=1S/C23H23F4N5O2S/c1-14-5-2-3-6-15(14)22-16(23(25,26)27)9-10-20(31-22)32-35(33,34)21-8-4-7-19(30-21)29-18-11-12-28-13-17(18)24/h2-10,17-18,28H,11-13H2,1H3,(H,29,30)(H,31,32)/t17-,18?/m0/s1. The fourth-order valence-corrected chi connectivity index (χ4v) is 4.77. The van der Waals surface area contributed by atoms with E-state index >= 15 is 0 Å². The monoisotopic (exact) mass is 509 g/mol. The van der Waals surface area contributed by atoms with Crippen LogP contribution in [0.25, 0.3) is 11.3 Å². The second-order valence-electron chi connectivity index (χ2n) is 8.13. The van der Waals surface area contributed by atoms with Crippen molar-refractivity contribution in [3.63, 3.8) is 0 Å². The summed E-state index contributed by atoms with van der Waals surface area (Å²) in [6.07, 6.45) is -5.36. The van der Waals surface area contributed by atoms with Crippen molar-refractivity contribution < 1.29 is 26.0 Å². The topological polar surface area (TPSA) is 96.0 Å². The maximum atomic E-state index is 14.1. The SMILES string of the molecule is Cc1ccccc1-c1nc(NS(=O)(=O)c2cccc(NC3CCNC[C@@H]3F)n2)ccc1C(F)(F)F. The second-order valence-corrected chi connectivity index (χ2v) is 9.76. The number of nitrogens with zero attached hydrogens (tertiary/aromatic N) is 2. The van der Waals surface area contributed by atoms with Gasteiger partial charge in [0.05, 0.1) is 17.3 Å². The molecule has 0 amide bonds. The van der Waals surface area contributed by atoms with Gasteiger partial charge in [0.2, 0.25) is 0 Å². The van der Waals surface area contributed by atoms with E-state index in [0.29, 0.717) is 18.5 Å². The van der Waals surface area contributed by atoms with Gasteiger partial charge in [0.15, 0.2) is 5.03 Å². The van der Waals surface area contributed by atoms with E-state index in [9.17, 15) is 26.0 Å². The van der Waals surface area contributed by atoms with Crippen LogP contribution < -0.4 is 15.4 Å². The summed E-state index contributed by atoms with van der Waals surface area (Å²) in [6.45, 7) is 2.43. The fourth-order valence-electron chi connectivity index (χ4n) is 3.80. The Labute approximate surface area is 200 Å². The number of benzene rings is 1. The zero-order valence-corrected chi connectivity index (χ0v) is 19.4. The molecule has 7 nitrogen and oxygen atoms in total. The van der Waals surface area contributed by atoms with Crippen LogP contribution in [-0.2, 0) is 16.2 Å². The van der Waals surface area contributed by atoms with E-state index in [0.717, 1.165) is 12.1 Å². The molecule has 186 valence electrons. The molecule has 2 aromatic heterocycles. The maximum absolute atomic E-state index is 14.1. The lowest BCUT2D eigenvalue weighted by Gasteiger charge is -2.27. The van der Waals surface area contributed by atoms with Crippen LogP contribution in [0.3, 0.4) is 0 Å². The first-order chi connectivity index (χ1) is 16.5. The van der Waals surface area contributed by atoms with E-state index in [2.05, 4.69) is 25.3 Å². The number of hydrogen-bond acceptors (Lipinski definition) is 6. The molecule has 0 bridgehead atoms. The van der Waals surface area contributed by atoms with Gasteiger partial charge in [0.25, 0.3) is 10.0 Å². The van der Waals surface area contributed by atoms with Crippen LogP contribution in [0, 0.1) is 6.92 Å². The van der Waals surface area contributed by atoms with Crippen molar-refractivity contribution in [2.45, 2.75) is 36.8 Å². The Morgan fingerprint density at radius 2 is 1.77 bits per heavy atom. The molecule has 2 atom stereocenters. The fraction of sp³-hybridized carbons (Fsp3) is 0.304. The van der Waals surface area contributed by atoms with Crippen LogP contribution >= 0.6 is 0 Å². The van der Waals surface area contributed by atoms with Crippen molar-refractivity contribution in [3.8, 4) is 11.3 Å². The molecule has 3 heterocycles. The number of alkyl halides is 4. The van der Waals surface area contributed by atoms with Gasteiger partial charge in [-0.05, 0) is 49.7 Å². The van der Waals surface area contributed by atoms with Crippen LogP contribution in [-0.4, -0.2) is 43.7 Å². The number of piperidine rings is 1. The van der Waals surface area contributed by atoms with E-state index in [4.69, 9.17) is 0 Å². The largest absolute Gasteiger partial charge is 0.418 e. The molecular weight excluding hydrogens is 486 g/mol. The van der Waals surface area contributed by atoms with Crippen molar-refractivity contribution in [2.75, 3.05) is 23.1 Å². The molecule has 1 aromatic carbocycles. The van der Waals surface area contributed by atoms with Gasteiger partial charge in [-0.25, -0.2) is 14.4 Å². The zero-order valence-electron chi connectivity index (χ0n) is 18.6. The molecule has 1 aliphatic heterocycles. The van der Waals surface area contributed by atoms with Gasteiger partial charge in [-0.2, -0.15) is 21.6 Å². The molecule has 4 rings (SSSR count). The quantitative estimate of drug-likeness (QED) is 0.427. The molecular formula is C23H23F4N5O2S. The third kappa shape index (κ3) is 5.70. The highest BCUT2D eigenvalue weighted by molar-refractivity contribution is 7.92. The number of pyridine rings is 2. The van der Waals surface area contributed by atoms with Gasteiger partial charge in [0.1, 0.15) is 17.8 Å². The molecule has 3 aromatic rings. The van der Waals surface area contributed by atoms with Gasteiger partial charge in [-0.3, -0.25) is 4.72 Å². The molecule has 0 spiro atoms. The second kappa shape index (κ2) is 9.78. The highest BCUT2D eigenvalue weighted by Crippen LogP contribution is 2.38. The Morgan fingerprint density at radius 3 is 2.49 bits per heavy atom. The van der Waals surface area contributed by atoms with Crippen molar-refractivity contribution in [1.82, 2.24) is 15.3 Å². The lowest BCUT2D eigenvalue weighted by atomic mass is 10.0. The molecule has 1 aliphatic rings. The number of sulfonamides is 1. The van der Waals surface area contributed by atoms with Crippen LogP contribution in [0.4, 0.5) is 29.2 Å². The van der Waals surface area contributed by atoms with E-state index in [-0.39, 0.29) is 34.5 Å². The summed E-state index contributed by atoms with van der Waals surface area (Å²) in [6, 6.07) is 11.8. The first-order valence-electron chi connectivity index (χ1n) is 10.8. The van der Waals surface area contributed by atoms with Gasteiger partial charge < -0.3 is 10.6 Å². The van der Waals surface area contributed by atoms with Crippen LogP contribution in [0.1, 0.15) is 17.5 Å². The minimum atomic E-state index is -4.69. The third-order valence-electron chi connectivity index (χ3n) is 5.58. The highest BCUT2D eigenvalue weighted by atomic mass is 32.2. The Morgan fingerprint density at radius 1 is 1.00 bits per heavy atom. The highest BCUT2D eigenvalue weighted by Gasteiger charge is 2.35. The molecule has 3 N–H and O–H groups in total. The smallest absolute Gasteiger partial charge is 0.364 e. The molecule has 0 saturated carbocycles. The van der Waals surface area contributed by atoms with Crippen LogP contribution in [0.2, 0.25) is 0 Å². The number of halogens is 4. The number of nitrogens with one attached hydrogen (secondary N) is 3. The number of anilines is 2. The average molecular weight is 510 g/mol. The first kappa shape index (κ1) is 24.9. The van der Waals surface area contributed by atoms with Gasteiger partial charge in [-0.15, -0.1) is 0 Å². The summed E-state index contributed by atoms with van der Waals surface area (Å²) in [4.78, 5) is 8.06. The molecule has 35 heavy (non-hydrogen) atoms. The average Bonchev–Trinajstić information content (AvgIpc) is 2.80. The van der Waals surface area contributed by atoms with E-state index in [1.165, 1.54) is 24.3 Å². The molecule has 12 heteroatoms. The van der Waals surface area contributed by atoms with Crippen LogP contribution in [0.15, 0.2) is 59.6 Å². The summed E-state index contributed by atoms with van der Waals surface area (Å²) in [5, 5.41) is 5.45. The van der Waals surface area contributed by atoms with Crippen molar-refractivity contribution in [1.29, 1.82) is 0 Å². The van der Waals surface area contributed by atoms with E-state index in [1.54, 1.807) is 25.1 Å². The molecule has 1 saturated heterocycles. The Kier molecular flexibility index (Phi) is 6.95. The number of aromatic nitrogens is 2. The Hall–Kier alpha value is -3.25. The van der Waals surface area contributed by atoms with E-state index < -0.39 is 34.0 Å². The lowest BCUT2D eigenvalue weighted by molar-refractivity contribution is -0.137. The van der Waals surface area contributed by atoms with Gasteiger partial charge in [-0.1, -0.05) is 30.3 Å². The summed E-state index contributed by atoms with van der Waals surface area (Å²) in [5.41, 5.74) is -0.594. The third-order valence-corrected chi connectivity index (χ3v) is 6.84. The predicted octanol–water partition coefficient (Wildman–Crippen LogP) is 4.38. The minimum absolute atomic E-state index is 0.170.